The van der Waals surface area contributed by atoms with E-state index >= 15 is 0 Å². The Morgan fingerprint density at radius 2 is 1.96 bits per heavy atom. The molecule has 0 radical (unpaired) electrons. The van der Waals surface area contributed by atoms with Gasteiger partial charge in [0.1, 0.15) is 23.9 Å². The van der Waals surface area contributed by atoms with Gasteiger partial charge in [0.25, 0.3) is 0 Å². The summed E-state index contributed by atoms with van der Waals surface area (Å²) in [5.74, 6) is 0.545. The van der Waals surface area contributed by atoms with E-state index < -0.39 is 12.0 Å². The summed E-state index contributed by atoms with van der Waals surface area (Å²) in [5.41, 5.74) is 0.0721. The van der Waals surface area contributed by atoms with Crippen LogP contribution in [0.4, 0.5) is 5.82 Å². The maximum atomic E-state index is 11.5. The summed E-state index contributed by atoms with van der Waals surface area (Å²) in [6.45, 7) is 6.26. The zero-order chi connectivity index (χ0) is 17.6. The van der Waals surface area contributed by atoms with Gasteiger partial charge in [-0.3, -0.25) is 0 Å². The molecule has 1 heterocycles. The van der Waals surface area contributed by atoms with Crippen molar-refractivity contribution in [3.05, 3.63) is 42.7 Å². The number of nitrogens with zero attached hydrogens (tertiary/aromatic N) is 2. The van der Waals surface area contributed by atoms with Crippen molar-refractivity contribution in [1.29, 1.82) is 0 Å². The smallest absolute Gasteiger partial charge is 0.326 e. The van der Waals surface area contributed by atoms with Crippen LogP contribution in [0, 0.1) is 5.41 Å². The van der Waals surface area contributed by atoms with Crippen LogP contribution in [0.3, 0.4) is 0 Å². The third kappa shape index (κ3) is 5.87. The molecule has 1 atom stereocenters. The molecule has 0 amide bonds. The molecule has 0 aliphatic carbocycles. The second-order valence-electron chi connectivity index (χ2n) is 6.79. The number of ether oxygens (including phenoxy) is 1. The lowest BCUT2D eigenvalue weighted by Gasteiger charge is -2.22. The van der Waals surface area contributed by atoms with Crippen LogP contribution in [-0.2, 0) is 4.79 Å². The first-order valence-electron chi connectivity index (χ1n) is 7.88. The average Bonchev–Trinajstić information content (AvgIpc) is 2.51. The van der Waals surface area contributed by atoms with Crippen LogP contribution >= 0.6 is 0 Å². The molecule has 24 heavy (non-hydrogen) atoms. The number of carboxylic acids is 1. The van der Waals surface area contributed by atoms with Crippen molar-refractivity contribution in [3.8, 4) is 11.6 Å². The van der Waals surface area contributed by atoms with E-state index in [4.69, 9.17) is 4.74 Å². The number of aromatic nitrogens is 2. The summed E-state index contributed by atoms with van der Waals surface area (Å²) in [6, 6.07) is 10.2. The fourth-order valence-corrected chi connectivity index (χ4v) is 2.10. The lowest BCUT2D eigenvalue weighted by atomic mass is 9.88. The fraction of sp³-hybridized carbons (Fsp3) is 0.389. The lowest BCUT2D eigenvalue weighted by molar-refractivity contribution is -0.138. The second kappa shape index (κ2) is 7.77. The van der Waals surface area contributed by atoms with Crippen LogP contribution in [0.5, 0.6) is 11.6 Å². The zero-order valence-electron chi connectivity index (χ0n) is 14.2. The van der Waals surface area contributed by atoms with Crippen molar-refractivity contribution in [3.63, 3.8) is 0 Å². The van der Waals surface area contributed by atoms with Gasteiger partial charge in [-0.25, -0.2) is 14.8 Å². The highest BCUT2D eigenvalue weighted by Crippen LogP contribution is 2.24. The number of carbonyl (C=O) groups is 1. The minimum Gasteiger partial charge on any atom is -0.480 e. The molecular weight excluding hydrogens is 306 g/mol. The Hall–Kier alpha value is -2.63. The van der Waals surface area contributed by atoms with Gasteiger partial charge in [-0.05, 0) is 30.4 Å². The average molecular weight is 329 g/mol. The number of benzene rings is 1. The molecule has 0 saturated carbocycles. The van der Waals surface area contributed by atoms with Gasteiger partial charge >= 0.3 is 5.97 Å². The Morgan fingerprint density at radius 3 is 2.58 bits per heavy atom. The predicted molar refractivity (Wildman–Crippen MR) is 92.3 cm³/mol. The maximum absolute atomic E-state index is 11.5. The molecule has 0 unspecified atom stereocenters. The Balaban J connectivity index is 2.05. The van der Waals surface area contributed by atoms with Gasteiger partial charge in [-0.1, -0.05) is 39.0 Å². The molecule has 0 saturated heterocycles. The molecule has 6 heteroatoms. The largest absolute Gasteiger partial charge is 0.480 e. The SMILES string of the molecule is CC(C)(C)CC[C@H](Nc1cc(Oc2ccccc2)ncn1)C(=O)O. The minimum absolute atomic E-state index is 0.0721. The van der Waals surface area contributed by atoms with Crippen molar-refractivity contribution in [2.75, 3.05) is 5.32 Å². The molecule has 2 N–H and O–H groups in total. The topological polar surface area (TPSA) is 84.3 Å². The Morgan fingerprint density at radius 1 is 1.25 bits per heavy atom. The molecule has 0 aliphatic rings. The normalized spacial score (nSPS) is 12.5. The summed E-state index contributed by atoms with van der Waals surface area (Å²) >= 11 is 0. The summed E-state index contributed by atoms with van der Waals surface area (Å²) < 4.78 is 5.64. The first-order chi connectivity index (χ1) is 11.3. The van der Waals surface area contributed by atoms with Crippen LogP contribution in [0.1, 0.15) is 33.6 Å². The van der Waals surface area contributed by atoms with Crippen LogP contribution in [-0.4, -0.2) is 27.1 Å². The molecule has 128 valence electrons. The molecule has 1 aromatic heterocycles. The number of carboxylic acid groups (broad SMARTS) is 1. The van der Waals surface area contributed by atoms with E-state index in [2.05, 4.69) is 36.1 Å². The van der Waals surface area contributed by atoms with Gasteiger partial charge in [-0.15, -0.1) is 0 Å². The van der Waals surface area contributed by atoms with Gasteiger partial charge in [0, 0.05) is 6.07 Å². The standard InChI is InChI=1S/C18H23N3O3/c1-18(2,3)10-9-14(17(22)23)21-15-11-16(20-12-19-15)24-13-7-5-4-6-8-13/h4-8,11-12,14H,9-10H2,1-3H3,(H,22,23)(H,19,20,21)/t14-/m0/s1. The van der Waals surface area contributed by atoms with Crippen molar-refractivity contribution in [2.24, 2.45) is 5.41 Å². The summed E-state index contributed by atoms with van der Waals surface area (Å²) in [6.07, 6.45) is 2.65. The Labute approximate surface area is 141 Å². The van der Waals surface area contributed by atoms with Crippen molar-refractivity contribution in [1.82, 2.24) is 9.97 Å². The third-order valence-corrected chi connectivity index (χ3v) is 3.41. The number of aliphatic carboxylic acids is 1. The zero-order valence-corrected chi connectivity index (χ0v) is 14.2. The highest BCUT2D eigenvalue weighted by atomic mass is 16.5. The first kappa shape index (κ1) is 17.7. The van der Waals surface area contributed by atoms with Gasteiger partial charge in [0.05, 0.1) is 0 Å². The van der Waals surface area contributed by atoms with E-state index in [0.29, 0.717) is 23.9 Å². The highest BCUT2D eigenvalue weighted by Gasteiger charge is 2.21. The highest BCUT2D eigenvalue weighted by molar-refractivity contribution is 5.76. The molecule has 0 fully saturated rings. The van der Waals surface area contributed by atoms with Crippen LogP contribution < -0.4 is 10.1 Å². The second-order valence-corrected chi connectivity index (χ2v) is 6.79. The van der Waals surface area contributed by atoms with E-state index in [1.54, 1.807) is 6.07 Å². The van der Waals surface area contributed by atoms with E-state index in [1.165, 1.54) is 6.33 Å². The molecule has 0 bridgehead atoms. The number of hydrogen-bond donors (Lipinski definition) is 2. The summed E-state index contributed by atoms with van der Waals surface area (Å²) in [4.78, 5) is 19.6. The molecule has 2 rings (SSSR count). The predicted octanol–water partition coefficient (Wildman–Crippen LogP) is 3.96. The third-order valence-electron chi connectivity index (χ3n) is 3.41. The van der Waals surface area contributed by atoms with E-state index in [9.17, 15) is 9.90 Å². The summed E-state index contributed by atoms with van der Waals surface area (Å²) in [5, 5.41) is 12.3. The number of nitrogens with one attached hydrogen (secondary N) is 1. The van der Waals surface area contributed by atoms with Crippen LogP contribution in [0.15, 0.2) is 42.7 Å². The number of anilines is 1. The molecule has 0 spiro atoms. The van der Waals surface area contributed by atoms with Crippen molar-refractivity contribution < 1.29 is 14.6 Å². The first-order valence-corrected chi connectivity index (χ1v) is 7.88. The minimum atomic E-state index is -0.900. The molecule has 0 aliphatic heterocycles. The molecule has 6 nitrogen and oxygen atoms in total. The lowest BCUT2D eigenvalue weighted by Crippen LogP contribution is -2.30. The van der Waals surface area contributed by atoms with Gasteiger partial charge in [-0.2, -0.15) is 0 Å². The van der Waals surface area contributed by atoms with Gasteiger partial charge < -0.3 is 15.2 Å². The monoisotopic (exact) mass is 329 g/mol. The van der Waals surface area contributed by atoms with Gasteiger partial charge in [0.2, 0.25) is 5.88 Å². The summed E-state index contributed by atoms with van der Waals surface area (Å²) in [7, 11) is 0. The molecule has 2 aromatic rings. The van der Waals surface area contributed by atoms with Crippen molar-refractivity contribution in [2.45, 2.75) is 39.7 Å². The Kier molecular flexibility index (Phi) is 5.73. The van der Waals surface area contributed by atoms with E-state index in [0.717, 1.165) is 6.42 Å². The molecule has 1 aromatic carbocycles. The number of para-hydroxylation sites is 1. The van der Waals surface area contributed by atoms with E-state index in [-0.39, 0.29) is 5.41 Å². The Bertz CT molecular complexity index is 669. The number of hydrogen-bond acceptors (Lipinski definition) is 5. The van der Waals surface area contributed by atoms with Crippen LogP contribution in [0.25, 0.3) is 0 Å². The molecular formula is C18H23N3O3. The maximum Gasteiger partial charge on any atom is 0.326 e. The van der Waals surface area contributed by atoms with E-state index in [1.807, 2.05) is 30.3 Å². The van der Waals surface area contributed by atoms with Crippen molar-refractivity contribution >= 4 is 11.8 Å². The fourth-order valence-electron chi connectivity index (χ4n) is 2.10. The van der Waals surface area contributed by atoms with Crippen LogP contribution in [0.2, 0.25) is 0 Å². The quantitative estimate of drug-likeness (QED) is 0.800. The van der Waals surface area contributed by atoms with Gasteiger partial charge in [0.15, 0.2) is 0 Å². The number of rotatable bonds is 7.